The van der Waals surface area contributed by atoms with E-state index < -0.39 is 0 Å². The van der Waals surface area contributed by atoms with Gasteiger partial charge in [-0.3, -0.25) is 14.5 Å². The summed E-state index contributed by atoms with van der Waals surface area (Å²) in [6, 6.07) is 14.0. The SMILES string of the molecule is CCCC[C@H](CC)C(=O)Nc1ccc([C@@H]2SCC(=O)N2c2cccc(C)c2C)cc1. The number of carbonyl (C=O) groups is 2. The third kappa shape index (κ3) is 4.89. The van der Waals surface area contributed by atoms with E-state index in [9.17, 15) is 9.59 Å². The van der Waals surface area contributed by atoms with Crippen LogP contribution in [0.1, 0.15) is 61.6 Å². The summed E-state index contributed by atoms with van der Waals surface area (Å²) in [5.41, 5.74) is 5.19. The summed E-state index contributed by atoms with van der Waals surface area (Å²) < 4.78 is 0. The molecule has 1 N–H and O–H groups in total. The van der Waals surface area contributed by atoms with Gasteiger partial charge < -0.3 is 5.32 Å². The van der Waals surface area contributed by atoms with Gasteiger partial charge in [-0.05, 0) is 61.6 Å². The van der Waals surface area contributed by atoms with Crippen LogP contribution in [0.15, 0.2) is 42.5 Å². The number of nitrogens with one attached hydrogen (secondary N) is 1. The van der Waals surface area contributed by atoms with Gasteiger partial charge in [0.25, 0.3) is 0 Å². The summed E-state index contributed by atoms with van der Waals surface area (Å²) in [7, 11) is 0. The summed E-state index contributed by atoms with van der Waals surface area (Å²) in [6.07, 6.45) is 3.97. The van der Waals surface area contributed by atoms with E-state index in [0.717, 1.165) is 48.2 Å². The van der Waals surface area contributed by atoms with Gasteiger partial charge in [0, 0.05) is 17.3 Å². The highest BCUT2D eigenvalue weighted by molar-refractivity contribution is 8.00. The van der Waals surface area contributed by atoms with Gasteiger partial charge >= 0.3 is 0 Å². The van der Waals surface area contributed by atoms with Crippen molar-refractivity contribution in [3.05, 3.63) is 59.2 Å². The third-order valence-electron chi connectivity index (χ3n) is 5.94. The lowest BCUT2D eigenvalue weighted by Gasteiger charge is -2.26. The van der Waals surface area contributed by atoms with Gasteiger partial charge in [-0.2, -0.15) is 0 Å². The van der Waals surface area contributed by atoms with E-state index in [1.807, 2.05) is 41.3 Å². The number of carbonyl (C=O) groups excluding carboxylic acids is 2. The van der Waals surface area contributed by atoms with Crippen molar-refractivity contribution in [2.75, 3.05) is 16.0 Å². The average Bonchev–Trinajstić information content (AvgIpc) is 3.12. The minimum atomic E-state index is -0.0457. The second-order valence-corrected chi connectivity index (χ2v) is 9.07. The third-order valence-corrected chi connectivity index (χ3v) is 7.15. The quantitative estimate of drug-likeness (QED) is 0.546. The molecule has 0 unspecified atom stereocenters. The number of thioether (sulfide) groups is 1. The molecule has 1 aliphatic heterocycles. The van der Waals surface area contributed by atoms with E-state index >= 15 is 0 Å². The standard InChI is InChI=1S/C25H32N2O2S/c1-5-7-10-19(6-2)24(29)26-21-14-12-20(13-15-21)25-27(23(28)16-30-25)22-11-8-9-17(3)18(22)4/h8-9,11-15,19,25H,5-7,10,16H2,1-4H3,(H,26,29)/t19-,25-/m0/s1. The van der Waals surface area contributed by atoms with Crippen molar-refractivity contribution >= 4 is 35.0 Å². The zero-order chi connectivity index (χ0) is 21.7. The second kappa shape index (κ2) is 10.2. The summed E-state index contributed by atoms with van der Waals surface area (Å²) in [5.74, 6) is 0.776. The van der Waals surface area contributed by atoms with Gasteiger partial charge in [0.15, 0.2) is 0 Å². The predicted molar refractivity (Wildman–Crippen MR) is 127 cm³/mol. The van der Waals surface area contributed by atoms with Crippen LogP contribution >= 0.6 is 11.8 Å². The first-order chi connectivity index (χ1) is 14.5. The summed E-state index contributed by atoms with van der Waals surface area (Å²) >= 11 is 1.65. The monoisotopic (exact) mass is 424 g/mol. The van der Waals surface area contributed by atoms with Crippen LogP contribution in [0.2, 0.25) is 0 Å². The Morgan fingerprint density at radius 3 is 2.57 bits per heavy atom. The lowest BCUT2D eigenvalue weighted by Crippen LogP contribution is -2.28. The molecule has 0 saturated carbocycles. The smallest absolute Gasteiger partial charge is 0.238 e. The Morgan fingerprint density at radius 2 is 1.90 bits per heavy atom. The molecule has 0 radical (unpaired) electrons. The topological polar surface area (TPSA) is 49.4 Å². The largest absolute Gasteiger partial charge is 0.326 e. The summed E-state index contributed by atoms with van der Waals surface area (Å²) in [6.45, 7) is 8.36. The van der Waals surface area contributed by atoms with E-state index in [1.54, 1.807) is 11.8 Å². The molecule has 5 heteroatoms. The lowest BCUT2D eigenvalue weighted by atomic mass is 9.98. The highest BCUT2D eigenvalue weighted by Gasteiger charge is 2.34. The fraction of sp³-hybridized carbons (Fsp3) is 0.440. The fourth-order valence-electron chi connectivity index (χ4n) is 3.87. The van der Waals surface area contributed by atoms with Crippen LogP contribution < -0.4 is 10.2 Å². The van der Waals surface area contributed by atoms with E-state index in [2.05, 4.69) is 39.1 Å². The number of hydrogen-bond donors (Lipinski definition) is 1. The number of unbranched alkanes of at least 4 members (excludes halogenated alkanes) is 1. The Bertz CT molecular complexity index is 895. The van der Waals surface area contributed by atoms with Crippen molar-refractivity contribution < 1.29 is 9.59 Å². The average molecular weight is 425 g/mol. The van der Waals surface area contributed by atoms with Crippen molar-refractivity contribution in [3.63, 3.8) is 0 Å². The minimum absolute atomic E-state index is 0.0457. The molecule has 1 aliphatic rings. The van der Waals surface area contributed by atoms with Crippen LogP contribution in [-0.2, 0) is 9.59 Å². The van der Waals surface area contributed by atoms with Gasteiger partial charge in [0.2, 0.25) is 11.8 Å². The lowest BCUT2D eigenvalue weighted by molar-refractivity contribution is -0.120. The molecule has 160 valence electrons. The molecule has 2 amide bonds. The molecule has 0 bridgehead atoms. The van der Waals surface area contributed by atoms with Crippen LogP contribution in [0.25, 0.3) is 0 Å². The molecule has 0 aromatic heterocycles. The summed E-state index contributed by atoms with van der Waals surface area (Å²) in [4.78, 5) is 27.2. The van der Waals surface area contributed by atoms with Crippen molar-refractivity contribution in [1.82, 2.24) is 0 Å². The number of hydrogen-bond acceptors (Lipinski definition) is 3. The van der Waals surface area contributed by atoms with Crippen molar-refractivity contribution in [3.8, 4) is 0 Å². The molecular weight excluding hydrogens is 392 g/mol. The number of benzene rings is 2. The fourth-order valence-corrected chi connectivity index (χ4v) is 5.04. The molecule has 0 spiro atoms. The van der Waals surface area contributed by atoms with Gasteiger partial charge in [-0.25, -0.2) is 0 Å². The van der Waals surface area contributed by atoms with Crippen LogP contribution in [-0.4, -0.2) is 17.6 Å². The first kappa shape index (κ1) is 22.4. The summed E-state index contributed by atoms with van der Waals surface area (Å²) in [5, 5.41) is 3.02. The molecule has 4 nitrogen and oxygen atoms in total. The molecule has 1 heterocycles. The number of aryl methyl sites for hydroxylation is 1. The minimum Gasteiger partial charge on any atom is -0.326 e. The molecular formula is C25H32N2O2S. The Hall–Kier alpha value is -2.27. The maximum atomic E-state index is 12.7. The van der Waals surface area contributed by atoms with Gasteiger partial charge in [-0.1, -0.05) is 51.0 Å². The Labute approximate surface area is 184 Å². The molecule has 30 heavy (non-hydrogen) atoms. The van der Waals surface area contributed by atoms with E-state index in [1.165, 1.54) is 5.56 Å². The zero-order valence-corrected chi connectivity index (χ0v) is 19.2. The zero-order valence-electron chi connectivity index (χ0n) is 18.4. The molecule has 2 aromatic carbocycles. The van der Waals surface area contributed by atoms with Crippen LogP contribution in [0, 0.1) is 19.8 Å². The van der Waals surface area contributed by atoms with Crippen molar-refractivity contribution in [2.45, 2.75) is 58.8 Å². The van der Waals surface area contributed by atoms with Gasteiger partial charge in [-0.15, -0.1) is 11.8 Å². The van der Waals surface area contributed by atoms with Crippen LogP contribution in [0.3, 0.4) is 0 Å². The van der Waals surface area contributed by atoms with Crippen molar-refractivity contribution in [2.24, 2.45) is 5.92 Å². The van der Waals surface area contributed by atoms with Crippen LogP contribution in [0.5, 0.6) is 0 Å². The number of rotatable bonds is 8. The molecule has 2 aromatic rings. The highest BCUT2D eigenvalue weighted by atomic mass is 32.2. The Balaban J connectivity index is 1.76. The van der Waals surface area contributed by atoms with E-state index in [0.29, 0.717) is 5.75 Å². The van der Waals surface area contributed by atoms with Gasteiger partial charge in [0.05, 0.1) is 5.75 Å². The second-order valence-electron chi connectivity index (χ2n) is 8.00. The number of nitrogens with zero attached hydrogens (tertiary/aromatic N) is 1. The maximum absolute atomic E-state index is 12.7. The maximum Gasteiger partial charge on any atom is 0.238 e. The molecule has 2 atom stereocenters. The molecule has 3 rings (SSSR count). The Morgan fingerprint density at radius 1 is 1.17 bits per heavy atom. The highest BCUT2D eigenvalue weighted by Crippen LogP contribution is 2.43. The van der Waals surface area contributed by atoms with E-state index in [4.69, 9.17) is 0 Å². The van der Waals surface area contributed by atoms with Crippen LogP contribution in [0.4, 0.5) is 11.4 Å². The van der Waals surface area contributed by atoms with E-state index in [-0.39, 0.29) is 23.1 Å². The number of amides is 2. The number of anilines is 2. The molecule has 1 saturated heterocycles. The molecule has 1 fully saturated rings. The van der Waals surface area contributed by atoms with Crippen molar-refractivity contribution in [1.29, 1.82) is 0 Å². The van der Waals surface area contributed by atoms with Gasteiger partial charge in [0.1, 0.15) is 5.37 Å². The predicted octanol–water partition coefficient (Wildman–Crippen LogP) is 6.24. The Kier molecular flexibility index (Phi) is 7.59. The first-order valence-corrected chi connectivity index (χ1v) is 11.9. The molecule has 0 aliphatic carbocycles. The normalized spacial score (nSPS) is 17.3. The first-order valence-electron chi connectivity index (χ1n) is 10.9.